The van der Waals surface area contributed by atoms with Gasteiger partial charge in [-0.1, -0.05) is 26.3 Å². The van der Waals surface area contributed by atoms with Crippen molar-refractivity contribution in [2.75, 3.05) is 6.61 Å². The zero-order chi connectivity index (χ0) is 17.1. The molecule has 0 aromatic carbocycles. The zero-order valence-electron chi connectivity index (χ0n) is 15.3. The molecule has 3 fully saturated rings. The number of aliphatic hydroxyl groups is 2. The van der Waals surface area contributed by atoms with Gasteiger partial charge < -0.3 is 14.9 Å². The van der Waals surface area contributed by atoms with Crippen LogP contribution < -0.4 is 0 Å². The molecule has 1 aliphatic heterocycles. The topological polar surface area (TPSA) is 49.7 Å². The molecule has 3 nitrogen and oxygen atoms in total. The van der Waals surface area contributed by atoms with Crippen molar-refractivity contribution < 1.29 is 14.9 Å². The first-order valence-electron chi connectivity index (χ1n) is 9.25. The molecule has 3 rings (SSSR count). The van der Waals surface area contributed by atoms with Crippen LogP contribution in [0.5, 0.6) is 0 Å². The maximum Gasteiger partial charge on any atom is 0.0864 e. The van der Waals surface area contributed by atoms with Gasteiger partial charge in [-0.2, -0.15) is 0 Å². The highest BCUT2D eigenvalue weighted by atomic mass is 16.5. The molecule has 0 radical (unpaired) electrons. The van der Waals surface area contributed by atoms with Crippen LogP contribution in [0.1, 0.15) is 66.2 Å². The van der Waals surface area contributed by atoms with Gasteiger partial charge in [-0.3, -0.25) is 0 Å². The van der Waals surface area contributed by atoms with E-state index in [0.29, 0.717) is 12.3 Å². The Morgan fingerprint density at radius 1 is 1.17 bits per heavy atom. The Kier molecular flexibility index (Phi) is 4.02. The van der Waals surface area contributed by atoms with E-state index >= 15 is 0 Å². The highest BCUT2D eigenvalue weighted by molar-refractivity contribution is 5.15. The molecule has 1 heterocycles. The number of ether oxygens (including phenoxy) is 1. The van der Waals surface area contributed by atoms with Crippen molar-refractivity contribution >= 4 is 0 Å². The third kappa shape index (κ3) is 2.42. The Morgan fingerprint density at radius 2 is 1.87 bits per heavy atom. The molecular weight excluding hydrogens is 288 g/mol. The Bertz CT molecular complexity index is 491. The third-order valence-electron chi connectivity index (χ3n) is 7.66. The SMILES string of the molecule is C=C[C@@]1(C)C[C@@H](O)C2[C@@]3(C)CCC[C@@](C)(CO)C3CC[C@@]2(C)O1. The molecule has 3 heteroatoms. The maximum atomic E-state index is 11.1. The van der Waals surface area contributed by atoms with Crippen molar-refractivity contribution in [2.24, 2.45) is 22.7 Å². The molecule has 2 unspecified atom stereocenters. The van der Waals surface area contributed by atoms with Crippen LogP contribution in [0.4, 0.5) is 0 Å². The van der Waals surface area contributed by atoms with Crippen molar-refractivity contribution in [3.05, 3.63) is 12.7 Å². The molecule has 2 saturated carbocycles. The number of hydrogen-bond donors (Lipinski definition) is 2. The molecule has 23 heavy (non-hydrogen) atoms. The lowest BCUT2D eigenvalue weighted by Gasteiger charge is -2.66. The Balaban J connectivity index is 2.01. The second-order valence-electron chi connectivity index (χ2n) is 9.44. The summed E-state index contributed by atoms with van der Waals surface area (Å²) in [4.78, 5) is 0. The zero-order valence-corrected chi connectivity index (χ0v) is 15.3. The van der Waals surface area contributed by atoms with E-state index in [4.69, 9.17) is 4.74 Å². The van der Waals surface area contributed by atoms with Gasteiger partial charge in [0.05, 0.1) is 17.3 Å². The normalized spacial score (nSPS) is 56.5. The number of fused-ring (bicyclic) bond motifs is 3. The second kappa shape index (κ2) is 5.31. The lowest BCUT2D eigenvalue weighted by atomic mass is 9.43. The predicted molar refractivity (Wildman–Crippen MR) is 92.1 cm³/mol. The average Bonchev–Trinajstić information content (AvgIpc) is 2.45. The van der Waals surface area contributed by atoms with Gasteiger partial charge in [-0.05, 0) is 56.3 Å². The van der Waals surface area contributed by atoms with Crippen LogP contribution in [0.25, 0.3) is 0 Å². The average molecular weight is 322 g/mol. The van der Waals surface area contributed by atoms with Gasteiger partial charge >= 0.3 is 0 Å². The standard InChI is InChI=1S/C20H34O3/c1-6-18(3)12-14(22)16-19(4)10-7-9-17(2,13-21)15(19)8-11-20(16,5)23-18/h6,14-16,21-22H,1,7-13H2,2-5H3/t14-,15?,16?,17+,18+,19+,20-/m1/s1. The van der Waals surface area contributed by atoms with Gasteiger partial charge in [0.1, 0.15) is 0 Å². The van der Waals surface area contributed by atoms with Crippen LogP contribution in [-0.2, 0) is 4.74 Å². The molecule has 1 saturated heterocycles. The molecule has 0 amide bonds. The summed E-state index contributed by atoms with van der Waals surface area (Å²) in [6, 6.07) is 0. The lowest BCUT2D eigenvalue weighted by molar-refractivity contribution is -0.286. The van der Waals surface area contributed by atoms with Crippen molar-refractivity contribution in [1.29, 1.82) is 0 Å². The summed E-state index contributed by atoms with van der Waals surface area (Å²) in [5.41, 5.74) is -0.736. The van der Waals surface area contributed by atoms with Gasteiger partial charge in [-0.15, -0.1) is 6.58 Å². The Hall–Kier alpha value is -0.380. The largest absolute Gasteiger partial charge is 0.396 e. The lowest BCUT2D eigenvalue weighted by Crippen LogP contribution is -2.67. The number of aliphatic hydroxyl groups excluding tert-OH is 2. The van der Waals surface area contributed by atoms with Gasteiger partial charge in [0.15, 0.2) is 0 Å². The smallest absolute Gasteiger partial charge is 0.0864 e. The summed E-state index contributed by atoms with van der Waals surface area (Å²) in [6.45, 7) is 13.0. The fourth-order valence-electron chi connectivity index (χ4n) is 6.73. The molecule has 0 aromatic rings. The molecule has 0 aromatic heterocycles. The molecule has 3 aliphatic rings. The van der Waals surface area contributed by atoms with E-state index in [1.54, 1.807) is 0 Å². The fourth-order valence-corrected chi connectivity index (χ4v) is 6.73. The number of rotatable bonds is 2. The van der Waals surface area contributed by atoms with Crippen molar-refractivity contribution in [2.45, 2.75) is 83.5 Å². The first-order chi connectivity index (χ1) is 10.6. The quantitative estimate of drug-likeness (QED) is 0.762. The van der Waals surface area contributed by atoms with Gasteiger partial charge in [0, 0.05) is 18.9 Å². The van der Waals surface area contributed by atoms with E-state index in [0.717, 1.165) is 32.1 Å². The monoisotopic (exact) mass is 322 g/mol. The fraction of sp³-hybridized carbons (Fsp3) is 0.900. The molecule has 2 aliphatic carbocycles. The minimum absolute atomic E-state index is 0.0206. The summed E-state index contributed by atoms with van der Waals surface area (Å²) in [5.74, 6) is 0.589. The summed E-state index contributed by atoms with van der Waals surface area (Å²) >= 11 is 0. The highest BCUT2D eigenvalue weighted by Crippen LogP contribution is 2.65. The minimum Gasteiger partial charge on any atom is -0.396 e. The van der Waals surface area contributed by atoms with Crippen molar-refractivity contribution in [1.82, 2.24) is 0 Å². The molecule has 132 valence electrons. The summed E-state index contributed by atoms with van der Waals surface area (Å²) < 4.78 is 6.56. The first kappa shape index (κ1) is 17.4. The highest BCUT2D eigenvalue weighted by Gasteiger charge is 2.64. The molecular formula is C20H34O3. The van der Waals surface area contributed by atoms with E-state index in [2.05, 4.69) is 27.4 Å². The maximum absolute atomic E-state index is 11.1. The van der Waals surface area contributed by atoms with E-state index in [1.165, 1.54) is 0 Å². The van der Waals surface area contributed by atoms with E-state index < -0.39 is 5.60 Å². The van der Waals surface area contributed by atoms with Gasteiger partial charge in [-0.25, -0.2) is 0 Å². The van der Waals surface area contributed by atoms with Crippen LogP contribution in [0.3, 0.4) is 0 Å². The van der Waals surface area contributed by atoms with Crippen LogP contribution in [0.15, 0.2) is 12.7 Å². The summed E-state index contributed by atoms with van der Waals surface area (Å²) in [7, 11) is 0. The second-order valence-corrected chi connectivity index (χ2v) is 9.44. The van der Waals surface area contributed by atoms with E-state index in [-0.39, 0.29) is 35.1 Å². The van der Waals surface area contributed by atoms with E-state index in [9.17, 15) is 10.2 Å². The Morgan fingerprint density at radius 3 is 2.48 bits per heavy atom. The van der Waals surface area contributed by atoms with Gasteiger partial charge in [0.2, 0.25) is 0 Å². The third-order valence-corrected chi connectivity index (χ3v) is 7.66. The van der Waals surface area contributed by atoms with Crippen LogP contribution in [0, 0.1) is 22.7 Å². The number of hydrogen-bond acceptors (Lipinski definition) is 3. The van der Waals surface area contributed by atoms with Gasteiger partial charge in [0.25, 0.3) is 0 Å². The van der Waals surface area contributed by atoms with Crippen LogP contribution >= 0.6 is 0 Å². The molecule has 2 N–H and O–H groups in total. The molecule has 7 atom stereocenters. The minimum atomic E-state index is -0.442. The van der Waals surface area contributed by atoms with Crippen LogP contribution in [0.2, 0.25) is 0 Å². The van der Waals surface area contributed by atoms with Crippen molar-refractivity contribution in [3.8, 4) is 0 Å². The molecule has 0 bridgehead atoms. The predicted octanol–water partition coefficient (Wildman–Crippen LogP) is 3.69. The summed E-state index contributed by atoms with van der Waals surface area (Å²) in [6.07, 6.45) is 7.47. The molecule has 0 spiro atoms. The Labute approximate surface area is 141 Å². The first-order valence-corrected chi connectivity index (χ1v) is 9.25. The van der Waals surface area contributed by atoms with E-state index in [1.807, 2.05) is 13.0 Å². The summed E-state index contributed by atoms with van der Waals surface area (Å²) in [5, 5.41) is 21.1. The van der Waals surface area contributed by atoms with Crippen molar-refractivity contribution in [3.63, 3.8) is 0 Å². The van der Waals surface area contributed by atoms with Crippen LogP contribution in [-0.4, -0.2) is 34.1 Å².